The molecule has 102 valence electrons. The summed E-state index contributed by atoms with van der Waals surface area (Å²) in [5.41, 5.74) is 4.00. The SMILES string of the molecule is COc1cc(C)c(C(C)CCNC(C)C)cc1C. The van der Waals surface area contributed by atoms with Crippen molar-refractivity contribution < 1.29 is 4.74 Å². The first kappa shape index (κ1) is 15.0. The standard InChI is InChI=1S/C16H27NO/c1-11(2)17-8-7-12(3)15-9-14(5)16(18-6)10-13(15)4/h9-12,17H,7-8H2,1-6H3. The van der Waals surface area contributed by atoms with Crippen LogP contribution in [0.5, 0.6) is 5.75 Å². The molecule has 1 rings (SSSR count). The van der Waals surface area contributed by atoms with Crippen molar-refractivity contribution in [3.8, 4) is 5.75 Å². The first-order chi connectivity index (χ1) is 8.45. The van der Waals surface area contributed by atoms with Gasteiger partial charge >= 0.3 is 0 Å². The van der Waals surface area contributed by atoms with E-state index in [4.69, 9.17) is 4.74 Å². The van der Waals surface area contributed by atoms with Gasteiger partial charge < -0.3 is 10.1 Å². The Kier molecular flexibility index (Phi) is 5.67. The topological polar surface area (TPSA) is 21.3 Å². The Morgan fingerprint density at radius 1 is 1.11 bits per heavy atom. The largest absolute Gasteiger partial charge is 0.496 e. The predicted molar refractivity (Wildman–Crippen MR) is 78.6 cm³/mol. The second kappa shape index (κ2) is 6.79. The highest BCUT2D eigenvalue weighted by molar-refractivity contribution is 5.42. The molecule has 0 heterocycles. The Labute approximate surface area is 112 Å². The number of nitrogens with one attached hydrogen (secondary N) is 1. The molecule has 0 aliphatic carbocycles. The van der Waals surface area contributed by atoms with Gasteiger partial charge in [0, 0.05) is 6.04 Å². The molecule has 0 saturated carbocycles. The van der Waals surface area contributed by atoms with Crippen LogP contribution in [0.25, 0.3) is 0 Å². The van der Waals surface area contributed by atoms with E-state index in [1.165, 1.54) is 23.1 Å². The van der Waals surface area contributed by atoms with Gasteiger partial charge in [-0.25, -0.2) is 0 Å². The molecule has 0 radical (unpaired) electrons. The van der Waals surface area contributed by atoms with Crippen LogP contribution in [-0.2, 0) is 0 Å². The van der Waals surface area contributed by atoms with Gasteiger partial charge in [-0.2, -0.15) is 0 Å². The summed E-state index contributed by atoms with van der Waals surface area (Å²) in [5, 5.41) is 3.48. The monoisotopic (exact) mass is 249 g/mol. The van der Waals surface area contributed by atoms with Crippen LogP contribution >= 0.6 is 0 Å². The summed E-state index contributed by atoms with van der Waals surface area (Å²) >= 11 is 0. The molecule has 2 nitrogen and oxygen atoms in total. The molecule has 0 bridgehead atoms. The van der Waals surface area contributed by atoms with Crippen molar-refractivity contribution >= 4 is 0 Å². The fourth-order valence-corrected chi connectivity index (χ4v) is 2.31. The normalized spacial score (nSPS) is 12.8. The molecule has 1 aromatic rings. The Balaban J connectivity index is 2.73. The quantitative estimate of drug-likeness (QED) is 0.828. The zero-order chi connectivity index (χ0) is 13.7. The lowest BCUT2D eigenvalue weighted by Crippen LogP contribution is -2.24. The van der Waals surface area contributed by atoms with Crippen molar-refractivity contribution in [2.75, 3.05) is 13.7 Å². The Bertz CT molecular complexity index is 385. The van der Waals surface area contributed by atoms with Crippen molar-refractivity contribution in [2.24, 2.45) is 0 Å². The molecule has 0 spiro atoms. The molecular formula is C16H27NO. The highest BCUT2D eigenvalue weighted by atomic mass is 16.5. The minimum absolute atomic E-state index is 0.566. The number of aryl methyl sites for hydroxylation is 2. The molecule has 0 aliphatic heterocycles. The smallest absolute Gasteiger partial charge is 0.122 e. The van der Waals surface area contributed by atoms with Gasteiger partial charge in [0.25, 0.3) is 0 Å². The molecule has 18 heavy (non-hydrogen) atoms. The average Bonchev–Trinajstić information content (AvgIpc) is 2.30. The second-order valence-electron chi connectivity index (χ2n) is 5.48. The maximum Gasteiger partial charge on any atom is 0.122 e. The van der Waals surface area contributed by atoms with E-state index in [1.807, 2.05) is 0 Å². The molecule has 2 heteroatoms. The van der Waals surface area contributed by atoms with Gasteiger partial charge in [0.1, 0.15) is 5.75 Å². The van der Waals surface area contributed by atoms with Gasteiger partial charge in [-0.1, -0.05) is 26.8 Å². The van der Waals surface area contributed by atoms with E-state index >= 15 is 0 Å². The minimum atomic E-state index is 0.566. The molecule has 1 atom stereocenters. The molecule has 1 unspecified atom stereocenters. The molecule has 0 fully saturated rings. The molecule has 0 saturated heterocycles. The minimum Gasteiger partial charge on any atom is -0.496 e. The molecule has 1 N–H and O–H groups in total. The van der Waals surface area contributed by atoms with Crippen molar-refractivity contribution in [3.63, 3.8) is 0 Å². The van der Waals surface area contributed by atoms with E-state index in [-0.39, 0.29) is 0 Å². The summed E-state index contributed by atoms with van der Waals surface area (Å²) in [6.07, 6.45) is 1.17. The first-order valence-electron chi connectivity index (χ1n) is 6.84. The van der Waals surface area contributed by atoms with Gasteiger partial charge in [-0.15, -0.1) is 0 Å². The Morgan fingerprint density at radius 3 is 2.33 bits per heavy atom. The number of methoxy groups -OCH3 is 1. The van der Waals surface area contributed by atoms with Crippen LogP contribution in [0.2, 0.25) is 0 Å². The lowest BCUT2D eigenvalue weighted by Gasteiger charge is -2.18. The number of hydrogen-bond acceptors (Lipinski definition) is 2. The van der Waals surface area contributed by atoms with Gasteiger partial charge in [-0.05, 0) is 55.5 Å². The van der Waals surface area contributed by atoms with E-state index < -0.39 is 0 Å². The van der Waals surface area contributed by atoms with Crippen molar-refractivity contribution in [1.82, 2.24) is 5.32 Å². The predicted octanol–water partition coefficient (Wildman–Crippen LogP) is 3.80. The Morgan fingerprint density at radius 2 is 1.78 bits per heavy atom. The molecule has 0 aromatic heterocycles. The van der Waals surface area contributed by atoms with Crippen LogP contribution in [0.3, 0.4) is 0 Å². The highest BCUT2D eigenvalue weighted by Gasteiger charge is 2.11. The van der Waals surface area contributed by atoms with Gasteiger partial charge in [0.05, 0.1) is 7.11 Å². The second-order valence-corrected chi connectivity index (χ2v) is 5.48. The summed E-state index contributed by atoms with van der Waals surface area (Å²) in [5.74, 6) is 1.57. The van der Waals surface area contributed by atoms with Crippen LogP contribution in [0.15, 0.2) is 12.1 Å². The van der Waals surface area contributed by atoms with E-state index in [9.17, 15) is 0 Å². The maximum absolute atomic E-state index is 5.36. The maximum atomic E-state index is 5.36. The number of hydrogen-bond donors (Lipinski definition) is 1. The third-order valence-electron chi connectivity index (χ3n) is 3.44. The fraction of sp³-hybridized carbons (Fsp3) is 0.625. The Hall–Kier alpha value is -1.02. The third-order valence-corrected chi connectivity index (χ3v) is 3.44. The van der Waals surface area contributed by atoms with E-state index in [1.54, 1.807) is 7.11 Å². The number of rotatable bonds is 6. The van der Waals surface area contributed by atoms with E-state index in [0.717, 1.165) is 12.3 Å². The molecule has 0 aliphatic rings. The van der Waals surface area contributed by atoms with Crippen molar-refractivity contribution in [3.05, 3.63) is 28.8 Å². The zero-order valence-corrected chi connectivity index (χ0v) is 12.6. The summed E-state index contributed by atoms with van der Waals surface area (Å²) in [6.45, 7) is 12.0. The summed E-state index contributed by atoms with van der Waals surface area (Å²) in [7, 11) is 1.73. The van der Waals surface area contributed by atoms with Crippen LogP contribution < -0.4 is 10.1 Å². The lowest BCUT2D eigenvalue weighted by molar-refractivity contribution is 0.411. The van der Waals surface area contributed by atoms with Crippen molar-refractivity contribution in [2.45, 2.75) is 53.0 Å². The fourth-order valence-electron chi connectivity index (χ4n) is 2.31. The molecule has 1 aromatic carbocycles. The number of ether oxygens (including phenoxy) is 1. The van der Waals surface area contributed by atoms with Crippen molar-refractivity contribution in [1.29, 1.82) is 0 Å². The van der Waals surface area contributed by atoms with Gasteiger partial charge in [0.2, 0.25) is 0 Å². The summed E-state index contributed by atoms with van der Waals surface area (Å²) < 4.78 is 5.36. The number of benzene rings is 1. The van der Waals surface area contributed by atoms with E-state index in [2.05, 4.69) is 52.1 Å². The lowest BCUT2D eigenvalue weighted by atomic mass is 9.92. The highest BCUT2D eigenvalue weighted by Crippen LogP contribution is 2.28. The first-order valence-corrected chi connectivity index (χ1v) is 6.84. The van der Waals surface area contributed by atoms with Crippen LogP contribution in [0.1, 0.15) is 49.8 Å². The van der Waals surface area contributed by atoms with Crippen LogP contribution in [0, 0.1) is 13.8 Å². The van der Waals surface area contributed by atoms with Gasteiger partial charge in [0.15, 0.2) is 0 Å². The molecule has 0 amide bonds. The van der Waals surface area contributed by atoms with Gasteiger partial charge in [-0.3, -0.25) is 0 Å². The molecular weight excluding hydrogens is 222 g/mol. The third kappa shape index (κ3) is 4.02. The van der Waals surface area contributed by atoms with Crippen LogP contribution in [-0.4, -0.2) is 19.7 Å². The summed E-state index contributed by atoms with van der Waals surface area (Å²) in [4.78, 5) is 0. The average molecular weight is 249 g/mol. The zero-order valence-electron chi connectivity index (χ0n) is 12.6. The van der Waals surface area contributed by atoms with E-state index in [0.29, 0.717) is 12.0 Å². The van der Waals surface area contributed by atoms with Crippen LogP contribution in [0.4, 0.5) is 0 Å². The summed E-state index contributed by atoms with van der Waals surface area (Å²) in [6, 6.07) is 4.99.